The highest BCUT2D eigenvalue weighted by Crippen LogP contribution is 2.35. The van der Waals surface area contributed by atoms with Crippen molar-refractivity contribution in [2.45, 2.75) is 45.2 Å². The summed E-state index contributed by atoms with van der Waals surface area (Å²) >= 11 is 1.61. The highest BCUT2D eigenvalue weighted by Gasteiger charge is 2.29. The van der Waals surface area contributed by atoms with E-state index in [1.165, 1.54) is 31.2 Å². The molecule has 34 heavy (non-hydrogen) atoms. The number of sulfonamides is 1. The van der Waals surface area contributed by atoms with Gasteiger partial charge in [0.05, 0.1) is 10.9 Å². The second-order valence-electron chi connectivity index (χ2n) is 9.01. The van der Waals surface area contributed by atoms with E-state index in [0.717, 1.165) is 10.4 Å². The lowest BCUT2D eigenvalue weighted by Gasteiger charge is -2.30. The van der Waals surface area contributed by atoms with Crippen molar-refractivity contribution in [3.05, 3.63) is 82.0 Å². The molecule has 9 heteroatoms. The number of carbonyl (C=O) groups is 2. The van der Waals surface area contributed by atoms with Gasteiger partial charge in [-0.25, -0.2) is 13.1 Å². The molecule has 0 bridgehead atoms. The molecular weight excluding hydrogens is 470 g/mol. The summed E-state index contributed by atoms with van der Waals surface area (Å²) in [6, 6.07) is 16.6. The van der Waals surface area contributed by atoms with Gasteiger partial charge in [0.15, 0.2) is 0 Å². The van der Waals surface area contributed by atoms with Crippen LogP contribution in [0.5, 0.6) is 0 Å². The van der Waals surface area contributed by atoms with Crippen LogP contribution in [0.1, 0.15) is 54.5 Å². The molecule has 3 N–H and O–H groups in total. The molecule has 1 heterocycles. The van der Waals surface area contributed by atoms with Crippen LogP contribution in [-0.2, 0) is 21.4 Å². The van der Waals surface area contributed by atoms with Crippen LogP contribution in [0.25, 0.3) is 0 Å². The van der Waals surface area contributed by atoms with E-state index < -0.39 is 10.0 Å². The minimum atomic E-state index is -3.73. The van der Waals surface area contributed by atoms with Crippen LogP contribution < -0.4 is 15.4 Å². The molecule has 3 rings (SSSR count). The molecule has 0 radical (unpaired) electrons. The van der Waals surface area contributed by atoms with E-state index in [1.54, 1.807) is 35.6 Å². The fourth-order valence-electron chi connectivity index (χ4n) is 3.34. The zero-order valence-electron chi connectivity index (χ0n) is 19.6. The van der Waals surface area contributed by atoms with E-state index in [2.05, 4.69) is 36.1 Å². The number of anilines is 1. The predicted octanol–water partition coefficient (Wildman–Crippen LogP) is 4.70. The Morgan fingerprint density at radius 2 is 1.62 bits per heavy atom. The molecule has 0 saturated heterocycles. The lowest BCUT2D eigenvalue weighted by atomic mass is 9.85. The average Bonchev–Trinajstić information content (AvgIpc) is 3.30. The number of thiophene rings is 1. The maximum absolute atomic E-state index is 12.9. The second-order valence-corrected chi connectivity index (χ2v) is 11.8. The molecule has 3 aromatic rings. The molecule has 0 aliphatic heterocycles. The fraction of sp³-hybridized carbons (Fsp3) is 0.280. The zero-order chi connectivity index (χ0) is 24.9. The van der Waals surface area contributed by atoms with Crippen molar-refractivity contribution in [1.29, 1.82) is 0 Å². The van der Waals surface area contributed by atoms with Crippen molar-refractivity contribution < 1.29 is 18.0 Å². The molecule has 0 saturated carbocycles. The predicted molar refractivity (Wildman–Crippen MR) is 135 cm³/mol. The molecule has 7 nitrogen and oxygen atoms in total. The first kappa shape index (κ1) is 25.6. The van der Waals surface area contributed by atoms with Crippen LogP contribution in [0.2, 0.25) is 0 Å². The maximum atomic E-state index is 12.9. The quantitative estimate of drug-likeness (QED) is 0.418. The zero-order valence-corrected chi connectivity index (χ0v) is 21.2. The van der Waals surface area contributed by atoms with E-state index in [0.29, 0.717) is 11.3 Å². The first-order valence-electron chi connectivity index (χ1n) is 10.8. The number of benzene rings is 2. The smallest absolute Gasteiger partial charge is 0.251 e. The van der Waals surface area contributed by atoms with Gasteiger partial charge in [-0.1, -0.05) is 39.0 Å². The molecule has 0 fully saturated rings. The highest BCUT2D eigenvalue weighted by atomic mass is 32.2. The third-order valence-corrected chi connectivity index (χ3v) is 7.49. The molecular formula is C25H29N3O4S2. The van der Waals surface area contributed by atoms with E-state index in [1.807, 2.05) is 17.5 Å². The largest absolute Gasteiger partial charge is 0.344 e. The summed E-state index contributed by atoms with van der Waals surface area (Å²) in [5.41, 5.74) is 1.60. The van der Waals surface area contributed by atoms with Crippen LogP contribution >= 0.6 is 11.3 Å². The van der Waals surface area contributed by atoms with Crippen LogP contribution in [0.3, 0.4) is 0 Å². The van der Waals surface area contributed by atoms with Gasteiger partial charge < -0.3 is 10.6 Å². The lowest BCUT2D eigenvalue weighted by Crippen LogP contribution is -2.36. The number of hydrogen-bond donors (Lipinski definition) is 3. The van der Waals surface area contributed by atoms with Gasteiger partial charge in [-0.15, -0.1) is 11.3 Å². The third-order valence-electron chi connectivity index (χ3n) is 5.14. The summed E-state index contributed by atoms with van der Waals surface area (Å²) in [5, 5.41) is 7.71. The van der Waals surface area contributed by atoms with Crippen molar-refractivity contribution in [3.63, 3.8) is 0 Å². The number of hydrogen-bond acceptors (Lipinski definition) is 5. The molecule has 1 aromatic heterocycles. The number of carbonyl (C=O) groups excluding carboxylic acids is 2. The molecule has 1 atom stereocenters. The molecule has 0 spiro atoms. The van der Waals surface area contributed by atoms with Gasteiger partial charge in [-0.05, 0) is 58.8 Å². The van der Waals surface area contributed by atoms with Crippen LogP contribution in [-0.4, -0.2) is 20.2 Å². The summed E-state index contributed by atoms with van der Waals surface area (Å²) in [5.74, 6) is -0.411. The van der Waals surface area contributed by atoms with Gasteiger partial charge in [0.25, 0.3) is 5.91 Å². The van der Waals surface area contributed by atoms with Crippen molar-refractivity contribution >= 4 is 38.9 Å². The minimum absolute atomic E-state index is 0.0808. The first-order chi connectivity index (χ1) is 16.0. The Morgan fingerprint density at radius 3 is 2.15 bits per heavy atom. The van der Waals surface area contributed by atoms with Gasteiger partial charge in [-0.2, -0.15) is 0 Å². The third kappa shape index (κ3) is 6.75. The molecule has 2 amide bonds. The normalized spacial score (nSPS) is 12.7. The number of amides is 2. The fourth-order valence-corrected chi connectivity index (χ4v) is 5.38. The number of nitrogens with one attached hydrogen (secondary N) is 3. The summed E-state index contributed by atoms with van der Waals surface area (Å²) in [6.45, 7) is 7.71. The standard InChI is InChI=1S/C25H29N3O4S2/c1-17(29)27-20-11-13-21(14-12-20)34(31,32)26-16-18-7-9-19(10-8-18)24(30)28-23(25(2,3)4)22-6-5-15-33-22/h5-15,23,26H,16H2,1-4H3,(H,27,29)(H,28,30). The molecule has 1 unspecified atom stereocenters. The van der Waals surface area contributed by atoms with Gasteiger partial charge in [0, 0.05) is 29.6 Å². The Balaban J connectivity index is 1.63. The summed E-state index contributed by atoms with van der Waals surface area (Å²) in [4.78, 5) is 25.2. The van der Waals surface area contributed by atoms with E-state index in [-0.39, 0.29) is 34.7 Å². The summed E-state index contributed by atoms with van der Waals surface area (Å²) in [6.07, 6.45) is 0. The Bertz CT molecular complexity index is 1230. The molecule has 0 aliphatic rings. The minimum Gasteiger partial charge on any atom is -0.344 e. The molecule has 180 valence electrons. The van der Waals surface area contributed by atoms with Crippen molar-refractivity contribution in [2.24, 2.45) is 5.41 Å². The molecule has 2 aromatic carbocycles. The Hall–Kier alpha value is -3.01. The van der Waals surface area contributed by atoms with Crippen molar-refractivity contribution in [3.8, 4) is 0 Å². The summed E-state index contributed by atoms with van der Waals surface area (Å²) in [7, 11) is -3.73. The van der Waals surface area contributed by atoms with Gasteiger partial charge in [-0.3, -0.25) is 9.59 Å². The highest BCUT2D eigenvalue weighted by molar-refractivity contribution is 7.89. The van der Waals surface area contributed by atoms with Crippen LogP contribution in [0, 0.1) is 5.41 Å². The summed E-state index contributed by atoms with van der Waals surface area (Å²) < 4.78 is 27.7. The lowest BCUT2D eigenvalue weighted by molar-refractivity contribution is -0.114. The average molecular weight is 500 g/mol. The van der Waals surface area contributed by atoms with Crippen LogP contribution in [0.15, 0.2) is 70.9 Å². The Morgan fingerprint density at radius 1 is 0.971 bits per heavy atom. The first-order valence-corrected chi connectivity index (χ1v) is 13.1. The Kier molecular flexibility index (Phi) is 7.91. The van der Waals surface area contributed by atoms with Gasteiger partial charge in [0.1, 0.15) is 0 Å². The van der Waals surface area contributed by atoms with Crippen molar-refractivity contribution in [2.75, 3.05) is 5.32 Å². The SMILES string of the molecule is CC(=O)Nc1ccc(S(=O)(=O)NCc2ccc(C(=O)NC(c3cccs3)C(C)(C)C)cc2)cc1. The Labute approximate surface area is 204 Å². The van der Waals surface area contributed by atoms with Crippen molar-refractivity contribution in [1.82, 2.24) is 10.0 Å². The monoisotopic (exact) mass is 499 g/mol. The van der Waals surface area contributed by atoms with Crippen LogP contribution in [0.4, 0.5) is 5.69 Å². The topological polar surface area (TPSA) is 104 Å². The molecule has 0 aliphatic carbocycles. The van der Waals surface area contributed by atoms with E-state index >= 15 is 0 Å². The van der Waals surface area contributed by atoms with E-state index in [9.17, 15) is 18.0 Å². The van der Waals surface area contributed by atoms with E-state index in [4.69, 9.17) is 0 Å². The second kappa shape index (κ2) is 10.5. The maximum Gasteiger partial charge on any atom is 0.251 e. The van der Waals surface area contributed by atoms with Gasteiger partial charge in [0.2, 0.25) is 15.9 Å². The number of rotatable bonds is 8. The van der Waals surface area contributed by atoms with Gasteiger partial charge >= 0.3 is 0 Å².